The minimum atomic E-state index is -1.02. The first-order valence-electron chi connectivity index (χ1n) is 7.93. The minimum absolute atomic E-state index is 0.0206. The number of rotatable bonds is 6. The van der Waals surface area contributed by atoms with Gasteiger partial charge in [0.2, 0.25) is 11.2 Å². The van der Waals surface area contributed by atoms with E-state index in [-0.39, 0.29) is 34.4 Å². The number of hydrogen-bond donors (Lipinski definition) is 3. The molecule has 0 aliphatic rings. The molecule has 1 atom stereocenters. The van der Waals surface area contributed by atoms with Crippen LogP contribution < -0.4 is 15.5 Å². The molecular formula is C19H17NO6. The molecule has 1 heterocycles. The molecule has 7 heteroatoms. The Bertz CT molecular complexity index is 996. The van der Waals surface area contributed by atoms with Gasteiger partial charge in [-0.3, -0.25) is 9.59 Å². The number of carboxylic acids is 1. The Kier molecular flexibility index (Phi) is 4.90. The molecule has 0 fully saturated rings. The lowest BCUT2D eigenvalue weighted by molar-refractivity contribution is -0.139. The van der Waals surface area contributed by atoms with Crippen LogP contribution in [0.15, 0.2) is 57.9 Å². The van der Waals surface area contributed by atoms with Crippen LogP contribution in [0.25, 0.3) is 11.0 Å². The van der Waals surface area contributed by atoms with E-state index >= 15 is 0 Å². The number of aromatic hydroxyl groups is 1. The molecular weight excluding hydrogens is 338 g/mol. The largest absolute Gasteiger partial charge is 0.507 e. The summed E-state index contributed by atoms with van der Waals surface area (Å²) in [5.74, 6) is -0.602. The molecule has 2 aromatic carbocycles. The van der Waals surface area contributed by atoms with E-state index < -0.39 is 12.0 Å². The maximum atomic E-state index is 12.7. The fourth-order valence-corrected chi connectivity index (χ4v) is 2.43. The summed E-state index contributed by atoms with van der Waals surface area (Å²) in [4.78, 5) is 23.6. The SMILES string of the molecule is CC(NCc1c(O)ccc2c(=O)c(Oc3ccccc3)coc12)C(=O)O. The maximum absolute atomic E-state index is 12.7. The van der Waals surface area contributed by atoms with Crippen molar-refractivity contribution in [3.05, 3.63) is 64.5 Å². The molecule has 0 saturated carbocycles. The number of fused-ring (bicyclic) bond motifs is 1. The first-order valence-corrected chi connectivity index (χ1v) is 7.93. The van der Waals surface area contributed by atoms with Crippen molar-refractivity contribution in [3.8, 4) is 17.2 Å². The standard InChI is InChI=1S/C19H17NO6/c1-11(19(23)24)20-9-14-15(21)8-7-13-17(22)16(10-25-18(13)14)26-12-5-3-2-4-6-12/h2-8,10-11,20-21H,9H2,1H3,(H,23,24). The van der Waals surface area contributed by atoms with Crippen molar-refractivity contribution in [2.24, 2.45) is 0 Å². The Labute approximate surface area is 148 Å². The van der Waals surface area contributed by atoms with Crippen molar-refractivity contribution in [2.75, 3.05) is 0 Å². The second kappa shape index (κ2) is 7.28. The summed E-state index contributed by atoms with van der Waals surface area (Å²) in [5.41, 5.74) is 0.0992. The van der Waals surface area contributed by atoms with Gasteiger partial charge < -0.3 is 24.7 Å². The van der Waals surface area contributed by atoms with Crippen LogP contribution >= 0.6 is 0 Å². The van der Waals surface area contributed by atoms with Crippen LogP contribution in [0.2, 0.25) is 0 Å². The topological polar surface area (TPSA) is 109 Å². The van der Waals surface area contributed by atoms with Crippen LogP contribution in [0.5, 0.6) is 17.2 Å². The van der Waals surface area contributed by atoms with Crippen molar-refractivity contribution < 1.29 is 24.2 Å². The van der Waals surface area contributed by atoms with Gasteiger partial charge >= 0.3 is 5.97 Å². The van der Waals surface area contributed by atoms with Gasteiger partial charge in [0.05, 0.1) is 10.9 Å². The third-order valence-corrected chi connectivity index (χ3v) is 3.91. The minimum Gasteiger partial charge on any atom is -0.507 e. The molecule has 0 radical (unpaired) electrons. The molecule has 0 aliphatic carbocycles. The average molecular weight is 355 g/mol. The molecule has 0 spiro atoms. The predicted molar refractivity (Wildman–Crippen MR) is 94.6 cm³/mol. The number of carboxylic acid groups (broad SMARTS) is 1. The van der Waals surface area contributed by atoms with Crippen LogP contribution in [0, 0.1) is 0 Å². The van der Waals surface area contributed by atoms with Crippen LogP contribution in [-0.4, -0.2) is 22.2 Å². The van der Waals surface area contributed by atoms with Crippen molar-refractivity contribution in [3.63, 3.8) is 0 Å². The van der Waals surface area contributed by atoms with E-state index in [4.69, 9.17) is 14.3 Å². The Balaban J connectivity index is 1.98. The van der Waals surface area contributed by atoms with E-state index in [0.717, 1.165) is 0 Å². The van der Waals surface area contributed by atoms with Gasteiger partial charge in [-0.25, -0.2) is 0 Å². The summed E-state index contributed by atoms with van der Waals surface area (Å²) in [6, 6.07) is 10.8. The van der Waals surface area contributed by atoms with Gasteiger partial charge in [-0.2, -0.15) is 0 Å². The number of benzene rings is 2. The molecule has 0 bridgehead atoms. The van der Waals surface area contributed by atoms with Crippen LogP contribution in [-0.2, 0) is 11.3 Å². The lowest BCUT2D eigenvalue weighted by Gasteiger charge is -2.12. The molecule has 3 rings (SSSR count). The van der Waals surface area contributed by atoms with Gasteiger partial charge in [-0.1, -0.05) is 18.2 Å². The summed E-state index contributed by atoms with van der Waals surface area (Å²) in [5, 5.41) is 22.0. The Hall–Kier alpha value is -3.32. The van der Waals surface area contributed by atoms with Gasteiger partial charge in [0, 0.05) is 6.54 Å². The molecule has 0 aliphatic heterocycles. The van der Waals surface area contributed by atoms with E-state index in [1.165, 1.54) is 25.3 Å². The summed E-state index contributed by atoms with van der Waals surface area (Å²) in [7, 11) is 0. The fraction of sp³-hybridized carbons (Fsp3) is 0.158. The third-order valence-electron chi connectivity index (χ3n) is 3.91. The van der Waals surface area contributed by atoms with Crippen molar-refractivity contribution in [1.29, 1.82) is 0 Å². The van der Waals surface area contributed by atoms with Gasteiger partial charge in [0.25, 0.3) is 0 Å². The second-order valence-electron chi connectivity index (χ2n) is 5.72. The Morgan fingerprint density at radius 1 is 1.23 bits per heavy atom. The smallest absolute Gasteiger partial charge is 0.320 e. The quantitative estimate of drug-likeness (QED) is 0.624. The Morgan fingerprint density at radius 3 is 2.65 bits per heavy atom. The number of aliphatic carboxylic acids is 1. The van der Waals surface area contributed by atoms with Crippen LogP contribution in [0.3, 0.4) is 0 Å². The van der Waals surface area contributed by atoms with Crippen molar-refractivity contribution >= 4 is 16.9 Å². The van der Waals surface area contributed by atoms with Crippen LogP contribution in [0.1, 0.15) is 12.5 Å². The molecule has 3 N–H and O–H groups in total. The lowest BCUT2D eigenvalue weighted by atomic mass is 10.1. The van der Waals surface area contributed by atoms with Crippen molar-refractivity contribution in [1.82, 2.24) is 5.32 Å². The second-order valence-corrected chi connectivity index (χ2v) is 5.72. The van der Waals surface area contributed by atoms with Crippen LogP contribution in [0.4, 0.5) is 0 Å². The zero-order valence-corrected chi connectivity index (χ0v) is 13.9. The van der Waals surface area contributed by atoms with E-state index in [1.807, 2.05) is 6.07 Å². The summed E-state index contributed by atoms with van der Waals surface area (Å²) in [6.45, 7) is 1.50. The number of ether oxygens (including phenoxy) is 1. The average Bonchev–Trinajstić information content (AvgIpc) is 2.63. The number of carbonyl (C=O) groups is 1. The number of para-hydroxylation sites is 1. The summed E-state index contributed by atoms with van der Waals surface area (Å²) >= 11 is 0. The molecule has 134 valence electrons. The highest BCUT2D eigenvalue weighted by molar-refractivity contribution is 5.83. The molecule has 0 saturated heterocycles. The first kappa shape index (κ1) is 17.5. The van der Waals surface area contributed by atoms with Gasteiger partial charge in [-0.15, -0.1) is 0 Å². The molecule has 1 unspecified atom stereocenters. The number of hydrogen-bond acceptors (Lipinski definition) is 6. The zero-order valence-electron chi connectivity index (χ0n) is 13.9. The van der Waals surface area contributed by atoms with E-state index in [9.17, 15) is 14.7 Å². The summed E-state index contributed by atoms with van der Waals surface area (Å²) in [6.07, 6.45) is 1.18. The van der Waals surface area contributed by atoms with E-state index in [0.29, 0.717) is 11.3 Å². The maximum Gasteiger partial charge on any atom is 0.320 e. The number of phenols is 1. The Morgan fingerprint density at radius 2 is 1.96 bits per heavy atom. The molecule has 3 aromatic rings. The fourth-order valence-electron chi connectivity index (χ4n) is 2.43. The normalized spacial score (nSPS) is 12.0. The van der Waals surface area contributed by atoms with E-state index in [1.54, 1.807) is 24.3 Å². The van der Waals surface area contributed by atoms with Crippen molar-refractivity contribution in [2.45, 2.75) is 19.5 Å². The molecule has 0 amide bonds. The molecule has 26 heavy (non-hydrogen) atoms. The molecule has 1 aromatic heterocycles. The highest BCUT2D eigenvalue weighted by atomic mass is 16.5. The third kappa shape index (κ3) is 3.52. The highest BCUT2D eigenvalue weighted by Crippen LogP contribution is 2.28. The first-order chi connectivity index (χ1) is 12.5. The van der Waals surface area contributed by atoms with E-state index in [2.05, 4.69) is 5.32 Å². The van der Waals surface area contributed by atoms with Gasteiger partial charge in [0.1, 0.15) is 29.4 Å². The number of nitrogens with one attached hydrogen (secondary N) is 1. The lowest BCUT2D eigenvalue weighted by Crippen LogP contribution is -2.33. The summed E-state index contributed by atoms with van der Waals surface area (Å²) < 4.78 is 11.1. The van der Waals surface area contributed by atoms with Gasteiger partial charge in [0.15, 0.2) is 0 Å². The number of phenolic OH excluding ortho intramolecular Hbond substituents is 1. The monoisotopic (exact) mass is 355 g/mol. The predicted octanol–water partition coefficient (Wildman–Crippen LogP) is 2.85. The zero-order chi connectivity index (χ0) is 18.7. The van der Waals surface area contributed by atoms with Gasteiger partial charge in [-0.05, 0) is 31.2 Å². The molecule has 7 nitrogen and oxygen atoms in total. The highest BCUT2D eigenvalue weighted by Gasteiger charge is 2.17.